The molecule has 3 heteroatoms. The minimum atomic E-state index is 0.859. The van der Waals surface area contributed by atoms with E-state index < -0.39 is 0 Å². The Morgan fingerprint density at radius 3 is 2.61 bits per heavy atom. The molecule has 1 aromatic heterocycles. The van der Waals surface area contributed by atoms with Crippen molar-refractivity contribution in [1.82, 2.24) is 15.3 Å². The van der Waals surface area contributed by atoms with Crippen molar-refractivity contribution in [1.29, 1.82) is 0 Å². The number of aryl methyl sites for hydroxylation is 1. The molecule has 0 radical (unpaired) electrons. The van der Waals surface area contributed by atoms with Crippen LogP contribution in [0.3, 0.4) is 0 Å². The minimum Gasteiger partial charge on any atom is -0.311 e. The molecule has 1 N–H and O–H groups in total. The third kappa shape index (κ3) is 4.05. The van der Waals surface area contributed by atoms with Crippen molar-refractivity contribution in [3.63, 3.8) is 0 Å². The first-order chi connectivity index (χ1) is 8.78. The molecule has 1 aliphatic rings. The zero-order valence-corrected chi connectivity index (χ0v) is 11.7. The molecule has 1 heterocycles. The van der Waals surface area contributed by atoms with Gasteiger partial charge in [0.15, 0.2) is 0 Å². The number of aromatic nitrogens is 2. The largest absolute Gasteiger partial charge is 0.311 e. The van der Waals surface area contributed by atoms with E-state index in [2.05, 4.69) is 22.2 Å². The molecule has 1 fully saturated rings. The van der Waals surface area contributed by atoms with Crippen LogP contribution in [0.5, 0.6) is 0 Å². The molecule has 0 amide bonds. The standard InChI is InChI=1S/C15H25N3/c1-3-13-4-6-14(7-5-13)10-16-11-15-8-9-17-12(2)18-15/h8-9,13-14,16H,3-7,10-11H2,1-2H3. The van der Waals surface area contributed by atoms with Crippen molar-refractivity contribution in [3.05, 3.63) is 23.8 Å². The Balaban J connectivity index is 1.67. The van der Waals surface area contributed by atoms with E-state index in [9.17, 15) is 0 Å². The highest BCUT2D eigenvalue weighted by atomic mass is 14.9. The lowest BCUT2D eigenvalue weighted by molar-refractivity contribution is 0.262. The van der Waals surface area contributed by atoms with Crippen molar-refractivity contribution in [2.24, 2.45) is 11.8 Å². The molecule has 1 aliphatic carbocycles. The van der Waals surface area contributed by atoms with E-state index in [1.807, 2.05) is 19.2 Å². The van der Waals surface area contributed by atoms with Gasteiger partial charge in [-0.2, -0.15) is 0 Å². The summed E-state index contributed by atoms with van der Waals surface area (Å²) in [5.74, 6) is 2.72. The van der Waals surface area contributed by atoms with Crippen LogP contribution >= 0.6 is 0 Å². The number of nitrogens with one attached hydrogen (secondary N) is 1. The smallest absolute Gasteiger partial charge is 0.125 e. The predicted molar refractivity (Wildman–Crippen MR) is 74.2 cm³/mol. The van der Waals surface area contributed by atoms with Crippen molar-refractivity contribution >= 4 is 0 Å². The van der Waals surface area contributed by atoms with Gasteiger partial charge in [-0.1, -0.05) is 26.2 Å². The van der Waals surface area contributed by atoms with Crippen molar-refractivity contribution in [2.45, 2.75) is 52.5 Å². The zero-order chi connectivity index (χ0) is 12.8. The number of hydrogen-bond acceptors (Lipinski definition) is 3. The maximum atomic E-state index is 4.41. The Morgan fingerprint density at radius 2 is 1.94 bits per heavy atom. The van der Waals surface area contributed by atoms with Gasteiger partial charge in [-0.25, -0.2) is 9.97 Å². The quantitative estimate of drug-likeness (QED) is 0.869. The second-order valence-corrected chi connectivity index (χ2v) is 5.52. The van der Waals surface area contributed by atoms with E-state index in [0.29, 0.717) is 0 Å². The molecule has 0 spiro atoms. The number of nitrogens with zero attached hydrogens (tertiary/aromatic N) is 2. The van der Waals surface area contributed by atoms with Gasteiger partial charge >= 0.3 is 0 Å². The van der Waals surface area contributed by atoms with Crippen LogP contribution in [0.15, 0.2) is 12.3 Å². The number of hydrogen-bond donors (Lipinski definition) is 1. The molecule has 0 bridgehead atoms. The van der Waals surface area contributed by atoms with Gasteiger partial charge < -0.3 is 5.32 Å². The molecule has 0 unspecified atom stereocenters. The topological polar surface area (TPSA) is 37.8 Å². The fourth-order valence-corrected chi connectivity index (χ4v) is 2.85. The zero-order valence-electron chi connectivity index (χ0n) is 11.7. The second-order valence-electron chi connectivity index (χ2n) is 5.52. The van der Waals surface area contributed by atoms with Gasteiger partial charge in [0, 0.05) is 12.7 Å². The third-order valence-electron chi connectivity index (χ3n) is 4.12. The summed E-state index contributed by atoms with van der Waals surface area (Å²) in [4.78, 5) is 8.52. The van der Waals surface area contributed by atoms with Gasteiger partial charge in [0.05, 0.1) is 5.69 Å². The summed E-state index contributed by atoms with van der Waals surface area (Å²) in [6.45, 7) is 6.27. The summed E-state index contributed by atoms with van der Waals surface area (Å²) in [5, 5.41) is 3.54. The second kappa shape index (κ2) is 6.83. The SMILES string of the molecule is CCC1CCC(CNCc2ccnc(C)n2)CC1. The minimum absolute atomic E-state index is 0.859. The molecule has 0 aromatic carbocycles. The first-order valence-electron chi connectivity index (χ1n) is 7.27. The van der Waals surface area contributed by atoms with Gasteiger partial charge in [0.1, 0.15) is 5.82 Å². The van der Waals surface area contributed by atoms with Gasteiger partial charge in [-0.05, 0) is 44.2 Å². The molecule has 0 saturated heterocycles. The molecule has 18 heavy (non-hydrogen) atoms. The lowest BCUT2D eigenvalue weighted by atomic mass is 9.81. The Hall–Kier alpha value is -0.960. The van der Waals surface area contributed by atoms with Crippen molar-refractivity contribution in [3.8, 4) is 0 Å². The van der Waals surface area contributed by atoms with Crippen LogP contribution in [0.25, 0.3) is 0 Å². The van der Waals surface area contributed by atoms with Crippen LogP contribution in [0, 0.1) is 18.8 Å². The highest BCUT2D eigenvalue weighted by Gasteiger charge is 2.19. The lowest BCUT2D eigenvalue weighted by Gasteiger charge is -2.27. The fourth-order valence-electron chi connectivity index (χ4n) is 2.85. The van der Waals surface area contributed by atoms with Gasteiger partial charge in [0.2, 0.25) is 0 Å². The molecule has 100 valence electrons. The van der Waals surface area contributed by atoms with E-state index in [4.69, 9.17) is 0 Å². The Kier molecular flexibility index (Phi) is 5.12. The Labute approximate surface area is 110 Å². The highest BCUT2D eigenvalue weighted by Crippen LogP contribution is 2.30. The first kappa shape index (κ1) is 13.5. The van der Waals surface area contributed by atoms with E-state index >= 15 is 0 Å². The van der Waals surface area contributed by atoms with Crippen molar-refractivity contribution < 1.29 is 0 Å². The molecule has 3 nitrogen and oxygen atoms in total. The maximum Gasteiger partial charge on any atom is 0.125 e. The summed E-state index contributed by atoms with van der Waals surface area (Å²) in [7, 11) is 0. The number of rotatable bonds is 5. The predicted octanol–water partition coefficient (Wildman–Crippen LogP) is 3.09. The monoisotopic (exact) mass is 247 g/mol. The highest BCUT2D eigenvalue weighted by molar-refractivity contribution is 5.01. The van der Waals surface area contributed by atoms with Crippen molar-refractivity contribution in [2.75, 3.05) is 6.54 Å². The first-order valence-corrected chi connectivity index (χ1v) is 7.27. The maximum absolute atomic E-state index is 4.41. The van der Waals surface area contributed by atoms with Crippen LogP contribution in [-0.4, -0.2) is 16.5 Å². The molecule has 1 saturated carbocycles. The van der Waals surface area contributed by atoms with E-state index in [1.54, 1.807) is 0 Å². The summed E-state index contributed by atoms with van der Waals surface area (Å²) in [6.07, 6.45) is 8.85. The van der Waals surface area contributed by atoms with Crippen LogP contribution in [0.1, 0.15) is 50.5 Å². The Bertz CT molecular complexity index is 357. The molecular formula is C15H25N3. The van der Waals surface area contributed by atoms with Crippen LogP contribution in [0.4, 0.5) is 0 Å². The van der Waals surface area contributed by atoms with Gasteiger partial charge in [-0.3, -0.25) is 0 Å². The van der Waals surface area contributed by atoms with Crippen LogP contribution < -0.4 is 5.32 Å². The van der Waals surface area contributed by atoms with E-state index in [-0.39, 0.29) is 0 Å². The summed E-state index contributed by atoms with van der Waals surface area (Å²) in [5.41, 5.74) is 1.10. The summed E-state index contributed by atoms with van der Waals surface area (Å²) >= 11 is 0. The molecule has 0 atom stereocenters. The normalized spacial score (nSPS) is 24.1. The average molecular weight is 247 g/mol. The van der Waals surface area contributed by atoms with Gasteiger partial charge in [-0.15, -0.1) is 0 Å². The van der Waals surface area contributed by atoms with E-state index in [1.165, 1.54) is 32.1 Å². The van der Waals surface area contributed by atoms with Gasteiger partial charge in [0.25, 0.3) is 0 Å². The third-order valence-corrected chi connectivity index (χ3v) is 4.12. The summed E-state index contributed by atoms with van der Waals surface area (Å²) < 4.78 is 0. The molecule has 0 aliphatic heterocycles. The lowest BCUT2D eigenvalue weighted by Crippen LogP contribution is -2.26. The molecule has 2 rings (SSSR count). The fraction of sp³-hybridized carbons (Fsp3) is 0.733. The van der Waals surface area contributed by atoms with Crippen LogP contribution in [0.2, 0.25) is 0 Å². The van der Waals surface area contributed by atoms with Crippen LogP contribution in [-0.2, 0) is 6.54 Å². The molecular weight excluding hydrogens is 222 g/mol. The summed E-state index contributed by atoms with van der Waals surface area (Å²) in [6, 6.07) is 1.99. The average Bonchev–Trinajstić information content (AvgIpc) is 2.40. The molecule has 1 aromatic rings. The van der Waals surface area contributed by atoms with E-state index in [0.717, 1.165) is 36.4 Å². The Morgan fingerprint density at radius 1 is 1.22 bits per heavy atom.